The molecule has 0 radical (unpaired) electrons. The molecule has 0 spiro atoms. The zero-order valence-electron chi connectivity index (χ0n) is 8.23. The third-order valence-electron chi connectivity index (χ3n) is 1.81. The molecule has 2 nitrogen and oxygen atoms in total. The van der Waals surface area contributed by atoms with Crippen molar-refractivity contribution in [2.45, 2.75) is 40.5 Å². The molecule has 0 aromatic carbocycles. The van der Waals surface area contributed by atoms with Crippen LogP contribution in [0.3, 0.4) is 0 Å². The van der Waals surface area contributed by atoms with Crippen molar-refractivity contribution in [2.24, 2.45) is 5.41 Å². The summed E-state index contributed by atoms with van der Waals surface area (Å²) in [6.07, 6.45) is 1.33. The molecule has 1 aliphatic heterocycles. The van der Waals surface area contributed by atoms with Crippen molar-refractivity contribution in [3.63, 3.8) is 0 Å². The van der Waals surface area contributed by atoms with Crippen LogP contribution in [0.4, 0.5) is 0 Å². The van der Waals surface area contributed by atoms with Gasteiger partial charge < -0.3 is 4.74 Å². The third-order valence-corrected chi connectivity index (χ3v) is 1.81. The normalized spacial score (nSPS) is 18.5. The molecule has 0 aromatic heterocycles. The highest BCUT2D eigenvalue weighted by Gasteiger charge is 2.24. The lowest BCUT2D eigenvalue weighted by atomic mass is 9.90. The van der Waals surface area contributed by atoms with E-state index >= 15 is 0 Å². The Morgan fingerprint density at radius 2 is 2.00 bits per heavy atom. The summed E-state index contributed by atoms with van der Waals surface area (Å²) in [6, 6.07) is 0. The van der Waals surface area contributed by atoms with Gasteiger partial charge in [-0.15, -0.1) is 0 Å². The first-order valence-electron chi connectivity index (χ1n) is 4.28. The van der Waals surface area contributed by atoms with E-state index in [-0.39, 0.29) is 11.4 Å². The Morgan fingerprint density at radius 1 is 1.42 bits per heavy atom. The molecule has 12 heavy (non-hydrogen) atoms. The van der Waals surface area contributed by atoms with E-state index in [0.29, 0.717) is 6.42 Å². The second-order valence-corrected chi connectivity index (χ2v) is 4.59. The summed E-state index contributed by atoms with van der Waals surface area (Å²) in [5.74, 6) is 0.777. The summed E-state index contributed by atoms with van der Waals surface area (Å²) in [5, 5.41) is 0. The van der Waals surface area contributed by atoms with Crippen LogP contribution in [-0.4, -0.2) is 5.97 Å². The number of esters is 1. The molecule has 0 unspecified atom stereocenters. The Hall–Kier alpha value is -0.790. The summed E-state index contributed by atoms with van der Waals surface area (Å²) < 4.78 is 5.09. The number of rotatable bonds is 1. The lowest BCUT2D eigenvalue weighted by molar-refractivity contribution is -0.136. The van der Waals surface area contributed by atoms with Crippen LogP contribution in [0.25, 0.3) is 0 Å². The van der Waals surface area contributed by atoms with E-state index in [4.69, 9.17) is 4.74 Å². The molecule has 0 amide bonds. The van der Waals surface area contributed by atoms with Crippen LogP contribution >= 0.6 is 0 Å². The fraction of sp³-hybridized carbons (Fsp3) is 0.700. The van der Waals surface area contributed by atoms with E-state index in [1.165, 1.54) is 0 Å². The van der Waals surface area contributed by atoms with Crippen LogP contribution in [0.5, 0.6) is 0 Å². The van der Waals surface area contributed by atoms with Crippen molar-refractivity contribution < 1.29 is 9.53 Å². The molecular formula is C10H16O2. The van der Waals surface area contributed by atoms with Gasteiger partial charge in [-0.2, -0.15) is 0 Å². The van der Waals surface area contributed by atoms with Crippen molar-refractivity contribution in [2.75, 3.05) is 0 Å². The Labute approximate surface area is 73.6 Å². The van der Waals surface area contributed by atoms with Crippen molar-refractivity contribution in [1.29, 1.82) is 0 Å². The Balaban J connectivity index is 2.65. The molecule has 0 bridgehead atoms. The lowest BCUT2D eigenvalue weighted by Gasteiger charge is -2.18. The van der Waals surface area contributed by atoms with Crippen molar-refractivity contribution >= 4 is 5.97 Å². The Bertz CT molecular complexity index is 231. The SMILES string of the molecule is CC1=C(CC(C)(C)C)OC(=O)C1. The minimum atomic E-state index is -0.105. The van der Waals surface area contributed by atoms with Crippen LogP contribution in [0.2, 0.25) is 0 Å². The molecule has 1 aliphatic rings. The molecule has 0 saturated heterocycles. The van der Waals surface area contributed by atoms with Gasteiger partial charge in [0.1, 0.15) is 5.76 Å². The van der Waals surface area contributed by atoms with Gasteiger partial charge in [-0.25, -0.2) is 0 Å². The highest BCUT2D eigenvalue weighted by Crippen LogP contribution is 2.31. The van der Waals surface area contributed by atoms with Crippen molar-refractivity contribution in [3.05, 3.63) is 11.3 Å². The molecular weight excluding hydrogens is 152 g/mol. The van der Waals surface area contributed by atoms with Crippen LogP contribution < -0.4 is 0 Å². The van der Waals surface area contributed by atoms with Gasteiger partial charge >= 0.3 is 5.97 Å². The summed E-state index contributed by atoms with van der Waals surface area (Å²) in [7, 11) is 0. The van der Waals surface area contributed by atoms with Gasteiger partial charge in [0, 0.05) is 6.42 Å². The highest BCUT2D eigenvalue weighted by molar-refractivity contribution is 5.76. The maximum absolute atomic E-state index is 10.9. The summed E-state index contributed by atoms with van der Waals surface area (Å²) in [6.45, 7) is 8.38. The van der Waals surface area contributed by atoms with E-state index < -0.39 is 0 Å². The van der Waals surface area contributed by atoms with Crippen LogP contribution in [-0.2, 0) is 9.53 Å². The molecule has 0 aliphatic carbocycles. The summed E-state index contributed by atoms with van der Waals surface area (Å²) in [5.41, 5.74) is 1.29. The topological polar surface area (TPSA) is 26.3 Å². The first kappa shape index (κ1) is 9.30. The number of carbonyl (C=O) groups is 1. The Kier molecular flexibility index (Phi) is 2.27. The second-order valence-electron chi connectivity index (χ2n) is 4.59. The van der Waals surface area contributed by atoms with Gasteiger partial charge in [0.25, 0.3) is 0 Å². The zero-order valence-corrected chi connectivity index (χ0v) is 8.23. The van der Waals surface area contributed by atoms with E-state index in [1.54, 1.807) is 0 Å². The minimum absolute atomic E-state index is 0.105. The van der Waals surface area contributed by atoms with Crippen molar-refractivity contribution in [3.8, 4) is 0 Å². The maximum Gasteiger partial charge on any atom is 0.315 e. The van der Waals surface area contributed by atoms with Gasteiger partial charge in [0.2, 0.25) is 0 Å². The summed E-state index contributed by atoms with van der Waals surface area (Å²) >= 11 is 0. The molecule has 0 N–H and O–H groups in total. The molecule has 68 valence electrons. The Morgan fingerprint density at radius 3 is 2.33 bits per heavy atom. The van der Waals surface area contributed by atoms with Gasteiger partial charge in [0.05, 0.1) is 6.42 Å². The third kappa shape index (κ3) is 2.36. The number of cyclic esters (lactones) is 1. The fourth-order valence-corrected chi connectivity index (χ4v) is 1.24. The second kappa shape index (κ2) is 2.92. The van der Waals surface area contributed by atoms with Gasteiger partial charge in [-0.05, 0) is 17.9 Å². The lowest BCUT2D eigenvalue weighted by Crippen LogP contribution is -2.07. The standard InChI is InChI=1S/C10H16O2/c1-7-5-9(11)12-8(7)6-10(2,3)4/h5-6H2,1-4H3. The number of carbonyl (C=O) groups excluding carboxylic acids is 1. The van der Waals surface area contributed by atoms with Crippen molar-refractivity contribution in [1.82, 2.24) is 0 Å². The quantitative estimate of drug-likeness (QED) is 0.562. The first-order valence-corrected chi connectivity index (χ1v) is 4.28. The minimum Gasteiger partial charge on any atom is -0.431 e. The largest absolute Gasteiger partial charge is 0.431 e. The van der Waals surface area contributed by atoms with E-state index in [1.807, 2.05) is 6.92 Å². The number of allylic oxidation sites excluding steroid dienone is 1. The number of ether oxygens (including phenoxy) is 1. The zero-order chi connectivity index (χ0) is 9.35. The smallest absolute Gasteiger partial charge is 0.315 e. The van der Waals surface area contributed by atoms with Crippen LogP contribution in [0.1, 0.15) is 40.5 Å². The van der Waals surface area contributed by atoms with Gasteiger partial charge in [0.15, 0.2) is 0 Å². The monoisotopic (exact) mass is 168 g/mol. The maximum atomic E-state index is 10.9. The predicted octanol–water partition coefficient (Wildman–Crippen LogP) is 2.64. The average Bonchev–Trinajstić information content (AvgIpc) is 2.06. The fourth-order valence-electron chi connectivity index (χ4n) is 1.24. The molecule has 1 rings (SSSR count). The van der Waals surface area contributed by atoms with Crippen LogP contribution in [0, 0.1) is 5.41 Å². The molecule has 0 fully saturated rings. The van der Waals surface area contributed by atoms with E-state index in [2.05, 4.69) is 20.8 Å². The molecule has 0 saturated carbocycles. The van der Waals surface area contributed by atoms with Gasteiger partial charge in [-0.3, -0.25) is 4.79 Å². The molecule has 2 heteroatoms. The van der Waals surface area contributed by atoms with E-state index in [9.17, 15) is 4.79 Å². The van der Waals surface area contributed by atoms with Crippen LogP contribution in [0.15, 0.2) is 11.3 Å². The van der Waals surface area contributed by atoms with Gasteiger partial charge in [-0.1, -0.05) is 20.8 Å². The molecule has 0 aromatic rings. The molecule has 0 atom stereocenters. The van der Waals surface area contributed by atoms with E-state index in [0.717, 1.165) is 17.8 Å². The summed E-state index contributed by atoms with van der Waals surface area (Å²) in [4.78, 5) is 10.9. The highest BCUT2D eigenvalue weighted by atomic mass is 16.5. The molecule has 1 heterocycles. The average molecular weight is 168 g/mol. The number of hydrogen-bond acceptors (Lipinski definition) is 2. The number of hydrogen-bond donors (Lipinski definition) is 0. The predicted molar refractivity (Wildman–Crippen MR) is 47.5 cm³/mol. The first-order chi connectivity index (χ1) is 5.38.